The lowest BCUT2D eigenvalue weighted by Crippen LogP contribution is -2.53. The third kappa shape index (κ3) is 3.20. The van der Waals surface area contributed by atoms with E-state index in [4.69, 9.17) is 11.5 Å². The summed E-state index contributed by atoms with van der Waals surface area (Å²) in [5.41, 5.74) is 10.8. The monoisotopic (exact) mass is 227 g/mol. The Morgan fingerprint density at radius 1 is 1.38 bits per heavy atom. The number of hydrogen-bond donors (Lipinski definition) is 3. The molecule has 0 saturated heterocycles. The van der Waals surface area contributed by atoms with Crippen LogP contribution in [0.4, 0.5) is 0 Å². The molecule has 1 atom stereocenters. The molecule has 0 radical (unpaired) electrons. The molecule has 1 unspecified atom stereocenters. The highest BCUT2D eigenvalue weighted by Gasteiger charge is 2.35. The van der Waals surface area contributed by atoms with Crippen LogP contribution in [0.2, 0.25) is 0 Å². The molecule has 92 valence electrons. The lowest BCUT2D eigenvalue weighted by Gasteiger charge is -2.37. The summed E-state index contributed by atoms with van der Waals surface area (Å²) < 4.78 is 0. The molecule has 1 fully saturated rings. The van der Waals surface area contributed by atoms with Gasteiger partial charge in [-0.15, -0.1) is 0 Å². The van der Waals surface area contributed by atoms with E-state index >= 15 is 0 Å². The van der Waals surface area contributed by atoms with Gasteiger partial charge in [-0.05, 0) is 25.2 Å². The molecule has 1 rings (SSSR count). The standard InChI is InChI=1S/C11H21N3O2/c1-7(2)9(10(12)16)14-8(15)6-11(13)4-3-5-11/h7,9H,3-6,13H2,1-2H3,(H2,12,16)(H,14,15). The Balaban J connectivity index is 2.45. The molecule has 0 aromatic carbocycles. The van der Waals surface area contributed by atoms with Gasteiger partial charge < -0.3 is 16.8 Å². The molecular formula is C11H21N3O2. The quantitative estimate of drug-likeness (QED) is 0.611. The normalized spacial score (nSPS) is 20.0. The molecule has 0 spiro atoms. The number of nitrogens with two attached hydrogens (primary N) is 2. The van der Waals surface area contributed by atoms with E-state index in [-0.39, 0.29) is 23.8 Å². The minimum absolute atomic E-state index is 0.00318. The van der Waals surface area contributed by atoms with Crippen molar-refractivity contribution in [2.45, 2.75) is 51.1 Å². The number of amides is 2. The fourth-order valence-corrected chi connectivity index (χ4v) is 1.92. The lowest BCUT2D eigenvalue weighted by atomic mass is 9.75. The number of primary amides is 1. The van der Waals surface area contributed by atoms with Gasteiger partial charge in [0.25, 0.3) is 0 Å². The number of rotatable bonds is 5. The summed E-state index contributed by atoms with van der Waals surface area (Å²) in [5.74, 6) is -0.681. The summed E-state index contributed by atoms with van der Waals surface area (Å²) in [6.07, 6.45) is 3.11. The second-order valence-electron chi connectivity index (χ2n) is 5.08. The second kappa shape index (κ2) is 4.82. The van der Waals surface area contributed by atoms with Gasteiger partial charge in [-0.1, -0.05) is 13.8 Å². The van der Waals surface area contributed by atoms with Gasteiger partial charge in [-0.3, -0.25) is 9.59 Å². The minimum Gasteiger partial charge on any atom is -0.368 e. The van der Waals surface area contributed by atoms with Crippen molar-refractivity contribution in [2.24, 2.45) is 17.4 Å². The third-order valence-electron chi connectivity index (χ3n) is 3.15. The number of nitrogens with one attached hydrogen (secondary N) is 1. The van der Waals surface area contributed by atoms with Crippen molar-refractivity contribution in [3.05, 3.63) is 0 Å². The van der Waals surface area contributed by atoms with E-state index in [2.05, 4.69) is 5.32 Å². The Labute approximate surface area is 95.9 Å². The molecule has 0 bridgehead atoms. The molecular weight excluding hydrogens is 206 g/mol. The molecule has 1 aliphatic rings. The van der Waals surface area contributed by atoms with Gasteiger partial charge in [0.05, 0.1) is 0 Å². The first-order chi connectivity index (χ1) is 7.34. The van der Waals surface area contributed by atoms with Gasteiger partial charge >= 0.3 is 0 Å². The van der Waals surface area contributed by atoms with Crippen molar-refractivity contribution in [2.75, 3.05) is 0 Å². The van der Waals surface area contributed by atoms with E-state index in [1.165, 1.54) is 0 Å². The third-order valence-corrected chi connectivity index (χ3v) is 3.15. The maximum Gasteiger partial charge on any atom is 0.240 e. The predicted molar refractivity (Wildman–Crippen MR) is 61.3 cm³/mol. The van der Waals surface area contributed by atoms with E-state index in [0.29, 0.717) is 0 Å². The highest BCUT2D eigenvalue weighted by Crippen LogP contribution is 2.31. The Morgan fingerprint density at radius 2 is 1.94 bits per heavy atom. The fourth-order valence-electron chi connectivity index (χ4n) is 1.92. The van der Waals surface area contributed by atoms with E-state index < -0.39 is 11.9 Å². The first kappa shape index (κ1) is 13.0. The Morgan fingerprint density at radius 3 is 2.25 bits per heavy atom. The zero-order valence-electron chi connectivity index (χ0n) is 9.95. The van der Waals surface area contributed by atoms with E-state index in [1.807, 2.05) is 13.8 Å². The van der Waals surface area contributed by atoms with Crippen molar-refractivity contribution >= 4 is 11.8 Å². The average Bonchev–Trinajstić information content (AvgIpc) is 2.10. The molecule has 2 amide bonds. The Kier molecular flexibility index (Phi) is 3.91. The van der Waals surface area contributed by atoms with Crippen LogP contribution >= 0.6 is 0 Å². The molecule has 0 aromatic rings. The number of carbonyl (C=O) groups excluding carboxylic acids is 2. The van der Waals surface area contributed by atoms with Gasteiger partial charge in [0.1, 0.15) is 6.04 Å². The Hall–Kier alpha value is -1.10. The van der Waals surface area contributed by atoms with Gasteiger partial charge in [0.2, 0.25) is 11.8 Å². The molecule has 0 aliphatic heterocycles. The summed E-state index contributed by atoms with van der Waals surface area (Å²) in [6.45, 7) is 3.69. The minimum atomic E-state index is -0.601. The van der Waals surface area contributed by atoms with Crippen LogP contribution in [0, 0.1) is 5.92 Å². The smallest absolute Gasteiger partial charge is 0.240 e. The van der Waals surface area contributed by atoms with Crippen molar-refractivity contribution in [3.8, 4) is 0 Å². The summed E-state index contributed by atoms with van der Waals surface area (Å²) in [5, 5.41) is 2.65. The van der Waals surface area contributed by atoms with Gasteiger partial charge in [0.15, 0.2) is 0 Å². The molecule has 0 aromatic heterocycles. The zero-order chi connectivity index (χ0) is 12.3. The van der Waals surface area contributed by atoms with Crippen molar-refractivity contribution in [1.29, 1.82) is 0 Å². The van der Waals surface area contributed by atoms with Crippen LogP contribution in [0.3, 0.4) is 0 Å². The highest BCUT2D eigenvalue weighted by molar-refractivity contribution is 5.87. The maximum absolute atomic E-state index is 11.7. The number of carbonyl (C=O) groups is 2. The summed E-state index contributed by atoms with van der Waals surface area (Å²) in [6, 6.07) is -0.601. The Bertz CT molecular complexity index is 285. The average molecular weight is 227 g/mol. The van der Waals surface area contributed by atoms with E-state index in [1.54, 1.807) is 0 Å². The largest absolute Gasteiger partial charge is 0.368 e. The molecule has 16 heavy (non-hydrogen) atoms. The SMILES string of the molecule is CC(C)C(NC(=O)CC1(N)CCC1)C(N)=O. The molecule has 5 nitrogen and oxygen atoms in total. The lowest BCUT2D eigenvalue weighted by molar-refractivity contribution is -0.129. The summed E-state index contributed by atoms with van der Waals surface area (Å²) in [7, 11) is 0. The van der Waals surface area contributed by atoms with Crippen molar-refractivity contribution in [1.82, 2.24) is 5.32 Å². The molecule has 1 saturated carbocycles. The topological polar surface area (TPSA) is 98.2 Å². The van der Waals surface area contributed by atoms with Crippen molar-refractivity contribution < 1.29 is 9.59 Å². The first-order valence-electron chi connectivity index (χ1n) is 5.72. The van der Waals surface area contributed by atoms with Crippen LogP contribution < -0.4 is 16.8 Å². The van der Waals surface area contributed by atoms with E-state index in [9.17, 15) is 9.59 Å². The summed E-state index contributed by atoms with van der Waals surface area (Å²) in [4.78, 5) is 22.8. The first-order valence-corrected chi connectivity index (χ1v) is 5.72. The fraction of sp³-hybridized carbons (Fsp3) is 0.818. The van der Waals surface area contributed by atoms with Crippen LogP contribution in [0.25, 0.3) is 0 Å². The molecule has 5 heteroatoms. The van der Waals surface area contributed by atoms with Crippen LogP contribution in [0.15, 0.2) is 0 Å². The van der Waals surface area contributed by atoms with Gasteiger partial charge in [0, 0.05) is 12.0 Å². The van der Waals surface area contributed by atoms with Crippen LogP contribution in [-0.2, 0) is 9.59 Å². The molecule has 0 heterocycles. The maximum atomic E-state index is 11.7. The predicted octanol–water partition coefficient (Wildman–Crippen LogP) is -0.116. The van der Waals surface area contributed by atoms with Crippen LogP contribution in [0.1, 0.15) is 39.5 Å². The summed E-state index contributed by atoms with van der Waals surface area (Å²) >= 11 is 0. The van der Waals surface area contributed by atoms with Gasteiger partial charge in [-0.2, -0.15) is 0 Å². The highest BCUT2D eigenvalue weighted by atomic mass is 16.2. The molecule has 5 N–H and O–H groups in total. The van der Waals surface area contributed by atoms with Gasteiger partial charge in [-0.25, -0.2) is 0 Å². The van der Waals surface area contributed by atoms with E-state index in [0.717, 1.165) is 19.3 Å². The molecule has 1 aliphatic carbocycles. The zero-order valence-corrected chi connectivity index (χ0v) is 9.95. The van der Waals surface area contributed by atoms with Crippen LogP contribution in [-0.4, -0.2) is 23.4 Å². The van der Waals surface area contributed by atoms with Crippen molar-refractivity contribution in [3.63, 3.8) is 0 Å². The number of hydrogen-bond acceptors (Lipinski definition) is 3. The second-order valence-corrected chi connectivity index (χ2v) is 5.08. The van der Waals surface area contributed by atoms with Crippen LogP contribution in [0.5, 0.6) is 0 Å².